The summed E-state index contributed by atoms with van der Waals surface area (Å²) in [5.74, 6) is -1.79. The third-order valence-corrected chi connectivity index (χ3v) is 6.92. The molecule has 13 nitrogen and oxygen atoms in total. The van der Waals surface area contributed by atoms with E-state index in [0.29, 0.717) is 18.4 Å². The Kier molecular flexibility index (Phi) is 12.9. The van der Waals surface area contributed by atoms with Crippen molar-refractivity contribution in [3.8, 4) is 5.75 Å². The highest BCUT2D eigenvalue weighted by Gasteiger charge is 2.35. The largest absolute Gasteiger partial charge is 0.514 e. The van der Waals surface area contributed by atoms with E-state index in [1.54, 1.807) is 58.9 Å². The van der Waals surface area contributed by atoms with Crippen molar-refractivity contribution in [3.63, 3.8) is 0 Å². The summed E-state index contributed by atoms with van der Waals surface area (Å²) in [6.45, 7) is 8.95. The number of hydrazine groups is 1. The van der Waals surface area contributed by atoms with E-state index in [-0.39, 0.29) is 31.2 Å². The maximum atomic E-state index is 13.9. The second-order valence-corrected chi connectivity index (χ2v) is 12.2. The highest BCUT2D eigenvalue weighted by Crippen LogP contribution is 2.19. The van der Waals surface area contributed by atoms with Crippen LogP contribution in [0.2, 0.25) is 0 Å². The highest BCUT2D eigenvalue weighted by molar-refractivity contribution is 5.91. The Morgan fingerprint density at radius 2 is 1.67 bits per heavy atom. The normalized spacial score (nSPS) is 16.1. The lowest BCUT2D eigenvalue weighted by Gasteiger charge is -2.35. The lowest BCUT2D eigenvalue weighted by molar-refractivity contribution is -0.151. The molecule has 3 atom stereocenters. The molecule has 0 aliphatic carbocycles. The Morgan fingerprint density at radius 3 is 2.33 bits per heavy atom. The van der Waals surface area contributed by atoms with Crippen LogP contribution in [0.3, 0.4) is 0 Å². The number of ether oxygens (including phenoxy) is 4. The van der Waals surface area contributed by atoms with Crippen molar-refractivity contribution >= 4 is 30.0 Å². The minimum atomic E-state index is -1.13. The summed E-state index contributed by atoms with van der Waals surface area (Å²) >= 11 is 0. The van der Waals surface area contributed by atoms with Gasteiger partial charge in [-0.05, 0) is 62.8 Å². The van der Waals surface area contributed by atoms with Crippen LogP contribution in [0.15, 0.2) is 54.6 Å². The number of methoxy groups -OCH3 is 1. The van der Waals surface area contributed by atoms with Gasteiger partial charge in [0, 0.05) is 13.0 Å². The molecule has 0 unspecified atom stereocenters. The zero-order valence-corrected chi connectivity index (χ0v) is 27.2. The van der Waals surface area contributed by atoms with E-state index in [4.69, 9.17) is 18.9 Å². The standard InChI is InChI=1S/C33H44N4O9/c1-21(2)27(35-31(41)44-20-22-12-8-7-9-13-22)28(38)34-26(29(39)37-17-11-16-25(36-37)30(40)43-6)19-23-14-10-15-24(18-23)45-32(42)46-33(3,4)5/h7-10,12-15,18,21,25-27,36H,11,16-17,19-20H2,1-6H3,(H,34,38)(H,35,41)/t25-,26-,27-/m0/s1. The van der Waals surface area contributed by atoms with Crippen molar-refractivity contribution in [1.29, 1.82) is 0 Å². The molecule has 0 saturated carbocycles. The molecule has 0 spiro atoms. The summed E-state index contributed by atoms with van der Waals surface area (Å²) in [7, 11) is 1.27. The average Bonchev–Trinajstić information content (AvgIpc) is 3.01. The average molecular weight is 641 g/mol. The number of benzene rings is 2. The first-order chi connectivity index (χ1) is 21.8. The monoisotopic (exact) mass is 640 g/mol. The number of alkyl carbamates (subject to hydrolysis) is 1. The first-order valence-electron chi connectivity index (χ1n) is 15.2. The maximum Gasteiger partial charge on any atom is 0.514 e. The van der Waals surface area contributed by atoms with Gasteiger partial charge in [-0.15, -0.1) is 0 Å². The van der Waals surface area contributed by atoms with E-state index in [9.17, 15) is 24.0 Å². The molecule has 250 valence electrons. The van der Waals surface area contributed by atoms with E-state index >= 15 is 0 Å². The van der Waals surface area contributed by atoms with Gasteiger partial charge in [-0.1, -0.05) is 56.3 Å². The maximum absolute atomic E-state index is 13.9. The summed E-state index contributed by atoms with van der Waals surface area (Å²) in [5.41, 5.74) is 3.50. The Morgan fingerprint density at radius 1 is 0.978 bits per heavy atom. The fourth-order valence-corrected chi connectivity index (χ4v) is 4.67. The molecule has 1 aliphatic rings. The van der Waals surface area contributed by atoms with Gasteiger partial charge in [0.15, 0.2) is 0 Å². The van der Waals surface area contributed by atoms with Gasteiger partial charge in [0.2, 0.25) is 5.91 Å². The van der Waals surface area contributed by atoms with Crippen molar-refractivity contribution in [2.75, 3.05) is 13.7 Å². The molecule has 3 amide bonds. The Balaban J connectivity index is 1.79. The first-order valence-corrected chi connectivity index (χ1v) is 15.2. The molecule has 3 rings (SSSR count). The van der Waals surface area contributed by atoms with E-state index in [1.165, 1.54) is 12.1 Å². The number of carbonyl (C=O) groups excluding carboxylic acids is 5. The third kappa shape index (κ3) is 11.4. The highest BCUT2D eigenvalue weighted by atomic mass is 16.7. The smallest absolute Gasteiger partial charge is 0.468 e. The summed E-state index contributed by atoms with van der Waals surface area (Å²) < 4.78 is 20.7. The molecule has 0 bridgehead atoms. The molecule has 1 saturated heterocycles. The van der Waals surface area contributed by atoms with Gasteiger partial charge < -0.3 is 29.6 Å². The second kappa shape index (κ2) is 16.6. The van der Waals surface area contributed by atoms with Crippen LogP contribution in [-0.2, 0) is 41.6 Å². The van der Waals surface area contributed by atoms with Gasteiger partial charge in [-0.2, -0.15) is 0 Å². The van der Waals surface area contributed by atoms with Gasteiger partial charge in [-0.25, -0.2) is 15.0 Å². The number of carbonyl (C=O) groups is 5. The van der Waals surface area contributed by atoms with Crippen LogP contribution in [-0.4, -0.2) is 72.4 Å². The number of nitrogens with zero attached hydrogens (tertiary/aromatic N) is 1. The lowest BCUT2D eigenvalue weighted by Crippen LogP contribution is -2.62. The quantitative estimate of drug-likeness (QED) is 0.188. The topological polar surface area (TPSA) is 162 Å². The molecule has 0 aromatic heterocycles. The number of rotatable bonds is 11. The molecule has 2 aromatic rings. The molecule has 1 aliphatic heterocycles. The first kappa shape index (κ1) is 35.8. The van der Waals surface area contributed by atoms with Gasteiger partial charge >= 0.3 is 18.2 Å². The van der Waals surface area contributed by atoms with Crippen LogP contribution >= 0.6 is 0 Å². The van der Waals surface area contributed by atoms with Crippen molar-refractivity contribution in [3.05, 3.63) is 65.7 Å². The van der Waals surface area contributed by atoms with E-state index in [2.05, 4.69) is 16.1 Å². The van der Waals surface area contributed by atoms with Crippen molar-refractivity contribution in [2.45, 2.75) is 84.2 Å². The molecule has 2 aromatic carbocycles. The number of amides is 3. The molecule has 46 heavy (non-hydrogen) atoms. The summed E-state index contributed by atoms with van der Waals surface area (Å²) in [5, 5.41) is 6.68. The molecule has 13 heteroatoms. The van der Waals surface area contributed by atoms with Crippen LogP contribution in [0.5, 0.6) is 5.75 Å². The lowest BCUT2D eigenvalue weighted by atomic mass is 10.0. The number of esters is 1. The molecule has 3 N–H and O–H groups in total. The Hall–Kier alpha value is -4.65. The summed E-state index contributed by atoms with van der Waals surface area (Å²) in [6.07, 6.45) is -0.669. The predicted octanol–water partition coefficient (Wildman–Crippen LogP) is 3.65. The van der Waals surface area contributed by atoms with Crippen molar-refractivity contribution in [1.82, 2.24) is 21.1 Å². The molecular weight excluding hydrogens is 596 g/mol. The zero-order chi connectivity index (χ0) is 33.9. The van der Waals surface area contributed by atoms with Crippen molar-refractivity contribution in [2.24, 2.45) is 5.92 Å². The number of hydrogen-bond donors (Lipinski definition) is 3. The van der Waals surface area contributed by atoms with Crippen LogP contribution < -0.4 is 20.8 Å². The van der Waals surface area contributed by atoms with Gasteiger partial charge in [-0.3, -0.25) is 19.4 Å². The molecular formula is C33H44N4O9. The summed E-state index contributed by atoms with van der Waals surface area (Å²) in [4.78, 5) is 64.6. The van der Waals surface area contributed by atoms with E-state index in [1.807, 2.05) is 30.3 Å². The number of nitrogens with one attached hydrogen (secondary N) is 3. The van der Waals surface area contributed by atoms with E-state index < -0.39 is 53.8 Å². The van der Waals surface area contributed by atoms with E-state index in [0.717, 1.165) is 5.56 Å². The zero-order valence-electron chi connectivity index (χ0n) is 27.2. The minimum absolute atomic E-state index is 0.000428. The summed E-state index contributed by atoms with van der Waals surface area (Å²) in [6, 6.07) is 12.7. The SMILES string of the molecule is COC(=O)[C@@H]1CCCN(C(=O)[C@H](Cc2cccc(OC(=O)OC(C)(C)C)c2)NC(=O)[C@@H](NC(=O)OCc2ccccc2)C(C)C)N1. The van der Waals surface area contributed by atoms with Crippen LogP contribution in [0.25, 0.3) is 0 Å². The van der Waals surface area contributed by atoms with Gasteiger partial charge in [0.1, 0.15) is 36.1 Å². The van der Waals surface area contributed by atoms with Crippen LogP contribution in [0.4, 0.5) is 9.59 Å². The minimum Gasteiger partial charge on any atom is -0.468 e. The Labute approximate surface area is 269 Å². The molecule has 1 fully saturated rings. The third-order valence-electron chi connectivity index (χ3n) is 6.92. The molecule has 0 radical (unpaired) electrons. The predicted molar refractivity (Wildman–Crippen MR) is 167 cm³/mol. The van der Waals surface area contributed by atoms with Gasteiger partial charge in [0.25, 0.3) is 5.91 Å². The number of hydrogen-bond acceptors (Lipinski definition) is 10. The molecule has 1 heterocycles. The Bertz CT molecular complexity index is 1360. The van der Waals surface area contributed by atoms with Crippen LogP contribution in [0, 0.1) is 5.92 Å². The van der Waals surface area contributed by atoms with Crippen molar-refractivity contribution < 1.29 is 42.9 Å². The van der Waals surface area contributed by atoms with Crippen LogP contribution in [0.1, 0.15) is 58.6 Å². The second-order valence-electron chi connectivity index (χ2n) is 12.2. The fraction of sp³-hybridized carbons (Fsp3) is 0.485. The fourth-order valence-electron chi connectivity index (χ4n) is 4.67. The van der Waals surface area contributed by atoms with Gasteiger partial charge in [0.05, 0.1) is 7.11 Å².